The van der Waals surface area contributed by atoms with Crippen molar-refractivity contribution in [3.05, 3.63) is 47.2 Å². The zero-order valence-electron chi connectivity index (χ0n) is 14.3. The van der Waals surface area contributed by atoms with Crippen molar-refractivity contribution in [2.24, 2.45) is 0 Å². The first-order valence-electron chi connectivity index (χ1n) is 8.77. The number of furan rings is 1. The molecule has 2 atom stereocenters. The van der Waals surface area contributed by atoms with Gasteiger partial charge in [0.1, 0.15) is 5.76 Å². The van der Waals surface area contributed by atoms with Crippen LogP contribution in [0.1, 0.15) is 46.8 Å². The van der Waals surface area contributed by atoms with Crippen molar-refractivity contribution in [3.63, 3.8) is 0 Å². The van der Waals surface area contributed by atoms with E-state index >= 15 is 0 Å². The van der Waals surface area contributed by atoms with Gasteiger partial charge in [-0.05, 0) is 51.3 Å². The SMILES string of the molecule is Cc1cc(C(=O)N2CCO[C@@H]3CCC[C@@H]32)c(C)n1Cc1ccco1. The van der Waals surface area contributed by atoms with E-state index in [9.17, 15) is 4.79 Å². The number of carbonyl (C=O) groups excluding carboxylic acids is 1. The molecule has 1 aliphatic heterocycles. The lowest BCUT2D eigenvalue weighted by Crippen LogP contribution is -2.51. The molecule has 0 spiro atoms. The Kier molecular flexibility index (Phi) is 3.96. The lowest BCUT2D eigenvalue weighted by atomic mass is 10.1. The van der Waals surface area contributed by atoms with Gasteiger partial charge in [-0.2, -0.15) is 0 Å². The molecule has 3 heterocycles. The molecule has 1 aliphatic carbocycles. The summed E-state index contributed by atoms with van der Waals surface area (Å²) in [5.74, 6) is 1.05. The zero-order chi connectivity index (χ0) is 16.7. The first-order chi connectivity index (χ1) is 11.6. The van der Waals surface area contributed by atoms with Crippen LogP contribution in [0, 0.1) is 13.8 Å². The van der Waals surface area contributed by atoms with Gasteiger partial charge in [0.15, 0.2) is 0 Å². The van der Waals surface area contributed by atoms with Crippen LogP contribution in [0.2, 0.25) is 0 Å². The van der Waals surface area contributed by atoms with Gasteiger partial charge in [0.25, 0.3) is 5.91 Å². The van der Waals surface area contributed by atoms with E-state index in [2.05, 4.69) is 4.57 Å². The topological polar surface area (TPSA) is 47.6 Å². The van der Waals surface area contributed by atoms with Crippen molar-refractivity contribution >= 4 is 5.91 Å². The van der Waals surface area contributed by atoms with Crippen molar-refractivity contribution in [2.45, 2.75) is 51.8 Å². The lowest BCUT2D eigenvalue weighted by Gasteiger charge is -2.37. The quantitative estimate of drug-likeness (QED) is 0.869. The zero-order valence-corrected chi connectivity index (χ0v) is 14.3. The van der Waals surface area contributed by atoms with Gasteiger partial charge in [0.05, 0.1) is 37.1 Å². The minimum Gasteiger partial charge on any atom is -0.467 e. The number of hydrogen-bond acceptors (Lipinski definition) is 3. The summed E-state index contributed by atoms with van der Waals surface area (Å²) in [5.41, 5.74) is 2.91. The van der Waals surface area contributed by atoms with E-state index in [4.69, 9.17) is 9.15 Å². The average molecular weight is 328 g/mol. The normalized spacial score (nSPS) is 23.5. The molecule has 1 amide bonds. The van der Waals surface area contributed by atoms with Crippen molar-refractivity contribution in [1.29, 1.82) is 0 Å². The Bertz CT molecular complexity index is 732. The molecule has 0 N–H and O–H groups in total. The highest BCUT2D eigenvalue weighted by atomic mass is 16.5. The number of carbonyl (C=O) groups is 1. The third kappa shape index (κ3) is 2.57. The predicted molar refractivity (Wildman–Crippen MR) is 90.1 cm³/mol. The molecule has 5 nitrogen and oxygen atoms in total. The number of aromatic nitrogens is 1. The van der Waals surface area contributed by atoms with Gasteiger partial charge in [-0.15, -0.1) is 0 Å². The second-order valence-corrected chi connectivity index (χ2v) is 6.86. The fraction of sp³-hybridized carbons (Fsp3) is 0.526. The maximum Gasteiger partial charge on any atom is 0.256 e. The summed E-state index contributed by atoms with van der Waals surface area (Å²) in [6, 6.07) is 6.12. The molecular weight excluding hydrogens is 304 g/mol. The molecule has 2 aliphatic rings. The molecule has 2 aromatic rings. The van der Waals surface area contributed by atoms with Gasteiger partial charge in [-0.1, -0.05) is 0 Å². The summed E-state index contributed by atoms with van der Waals surface area (Å²) in [5, 5.41) is 0. The van der Waals surface area contributed by atoms with Crippen LogP contribution in [0.4, 0.5) is 0 Å². The van der Waals surface area contributed by atoms with E-state index in [-0.39, 0.29) is 18.1 Å². The van der Waals surface area contributed by atoms with Gasteiger partial charge < -0.3 is 18.6 Å². The second kappa shape index (κ2) is 6.13. The highest BCUT2D eigenvalue weighted by Crippen LogP contribution is 2.31. The summed E-state index contributed by atoms with van der Waals surface area (Å²) in [6.07, 6.45) is 5.20. The molecule has 1 saturated heterocycles. The minimum atomic E-state index is 0.147. The van der Waals surface area contributed by atoms with Crippen LogP contribution in [-0.4, -0.2) is 40.7 Å². The maximum atomic E-state index is 13.2. The monoisotopic (exact) mass is 328 g/mol. The standard InChI is InChI=1S/C19H24N2O3/c1-13-11-16(14(2)21(13)12-15-5-4-9-23-15)19(22)20-8-10-24-18-7-3-6-17(18)20/h4-5,9,11,17-18H,3,6-8,10,12H2,1-2H3/t17-,18+/m0/s1. The van der Waals surface area contributed by atoms with Crippen LogP contribution in [0.25, 0.3) is 0 Å². The van der Waals surface area contributed by atoms with Crippen LogP contribution in [-0.2, 0) is 11.3 Å². The van der Waals surface area contributed by atoms with Gasteiger partial charge in [0, 0.05) is 17.9 Å². The Labute approximate surface area is 142 Å². The van der Waals surface area contributed by atoms with Crippen molar-refractivity contribution in [3.8, 4) is 0 Å². The molecular formula is C19H24N2O3. The molecule has 2 aromatic heterocycles. The number of rotatable bonds is 3. The fourth-order valence-electron chi connectivity index (χ4n) is 4.15. The first-order valence-corrected chi connectivity index (χ1v) is 8.77. The van der Waals surface area contributed by atoms with E-state index < -0.39 is 0 Å². The fourth-order valence-corrected chi connectivity index (χ4v) is 4.15. The summed E-state index contributed by atoms with van der Waals surface area (Å²) < 4.78 is 13.4. The number of ether oxygens (including phenoxy) is 1. The van der Waals surface area contributed by atoms with Crippen molar-refractivity contribution < 1.29 is 13.9 Å². The smallest absolute Gasteiger partial charge is 0.256 e. The molecule has 5 heteroatoms. The first kappa shape index (κ1) is 15.5. The number of nitrogens with zero attached hydrogens (tertiary/aromatic N) is 2. The van der Waals surface area contributed by atoms with E-state index in [0.717, 1.165) is 42.0 Å². The molecule has 0 bridgehead atoms. The Morgan fingerprint density at radius 2 is 2.21 bits per heavy atom. The second-order valence-electron chi connectivity index (χ2n) is 6.86. The summed E-state index contributed by atoms with van der Waals surface area (Å²) >= 11 is 0. The third-order valence-corrected chi connectivity index (χ3v) is 5.44. The maximum absolute atomic E-state index is 13.2. The van der Waals surface area contributed by atoms with Gasteiger partial charge in [-0.25, -0.2) is 0 Å². The van der Waals surface area contributed by atoms with E-state index in [1.165, 1.54) is 0 Å². The lowest BCUT2D eigenvalue weighted by molar-refractivity contribution is -0.0445. The molecule has 0 unspecified atom stereocenters. The number of hydrogen-bond donors (Lipinski definition) is 0. The summed E-state index contributed by atoms with van der Waals surface area (Å²) in [4.78, 5) is 15.2. The van der Waals surface area contributed by atoms with Crippen LogP contribution >= 0.6 is 0 Å². The van der Waals surface area contributed by atoms with Gasteiger partial charge >= 0.3 is 0 Å². The van der Waals surface area contributed by atoms with E-state index in [0.29, 0.717) is 19.7 Å². The summed E-state index contributed by atoms with van der Waals surface area (Å²) in [6.45, 7) is 6.08. The van der Waals surface area contributed by atoms with E-state index in [1.807, 2.05) is 36.9 Å². The Morgan fingerprint density at radius 1 is 1.33 bits per heavy atom. The van der Waals surface area contributed by atoms with Gasteiger partial charge in [0.2, 0.25) is 0 Å². The van der Waals surface area contributed by atoms with Crippen LogP contribution in [0.5, 0.6) is 0 Å². The van der Waals surface area contributed by atoms with E-state index in [1.54, 1.807) is 6.26 Å². The van der Waals surface area contributed by atoms with Gasteiger partial charge in [-0.3, -0.25) is 4.79 Å². The highest BCUT2D eigenvalue weighted by Gasteiger charge is 2.39. The Balaban J connectivity index is 1.60. The Morgan fingerprint density at radius 3 is 3.00 bits per heavy atom. The van der Waals surface area contributed by atoms with Crippen LogP contribution in [0.3, 0.4) is 0 Å². The number of fused-ring (bicyclic) bond motifs is 1. The molecule has 0 radical (unpaired) electrons. The predicted octanol–water partition coefficient (Wildman–Crippen LogP) is 3.14. The molecule has 4 rings (SSSR count). The number of morpholine rings is 1. The van der Waals surface area contributed by atoms with Crippen molar-refractivity contribution in [2.75, 3.05) is 13.2 Å². The van der Waals surface area contributed by atoms with Crippen LogP contribution in [0.15, 0.2) is 28.9 Å². The van der Waals surface area contributed by atoms with Crippen LogP contribution < -0.4 is 0 Å². The molecule has 0 aromatic carbocycles. The third-order valence-electron chi connectivity index (χ3n) is 5.44. The summed E-state index contributed by atoms with van der Waals surface area (Å²) in [7, 11) is 0. The Hall–Kier alpha value is -2.01. The average Bonchev–Trinajstić information content (AvgIpc) is 3.30. The largest absolute Gasteiger partial charge is 0.467 e. The van der Waals surface area contributed by atoms with Crippen molar-refractivity contribution in [1.82, 2.24) is 9.47 Å². The minimum absolute atomic E-state index is 0.147. The molecule has 24 heavy (non-hydrogen) atoms. The molecule has 2 fully saturated rings. The number of amides is 1. The molecule has 128 valence electrons. The number of aryl methyl sites for hydroxylation is 1. The molecule has 1 saturated carbocycles. The highest BCUT2D eigenvalue weighted by molar-refractivity contribution is 5.96.